The van der Waals surface area contributed by atoms with Crippen LogP contribution >= 0.6 is 0 Å². The number of nitrogens with one attached hydrogen (secondary N) is 3. The molecule has 174 valence electrons. The quantitative estimate of drug-likeness (QED) is 0.426. The van der Waals surface area contributed by atoms with E-state index in [1.807, 2.05) is 30.3 Å². The molecule has 0 aliphatic carbocycles. The van der Waals surface area contributed by atoms with E-state index in [1.165, 1.54) is 0 Å². The van der Waals surface area contributed by atoms with Gasteiger partial charge >= 0.3 is 12.1 Å². The summed E-state index contributed by atoms with van der Waals surface area (Å²) in [5, 5.41) is 7.07. The van der Waals surface area contributed by atoms with Gasteiger partial charge in [-0.1, -0.05) is 30.3 Å². The Labute approximate surface area is 196 Å². The Hall–Kier alpha value is -4.05. The molecule has 9 nitrogen and oxygen atoms in total. The van der Waals surface area contributed by atoms with Gasteiger partial charge in [0.25, 0.3) is 0 Å². The summed E-state index contributed by atoms with van der Waals surface area (Å²) < 4.78 is 27.5. The summed E-state index contributed by atoms with van der Waals surface area (Å²) in [6.45, 7) is 0.406. The summed E-state index contributed by atoms with van der Waals surface area (Å²) in [4.78, 5) is 26.2. The van der Waals surface area contributed by atoms with Crippen molar-refractivity contribution >= 4 is 39.0 Å². The number of nitrogens with two attached hydrogens (primary N) is 1. The lowest BCUT2D eigenvalue weighted by Gasteiger charge is -2.18. The van der Waals surface area contributed by atoms with E-state index in [4.69, 9.17) is 5.73 Å². The lowest BCUT2D eigenvalue weighted by Crippen LogP contribution is -2.37. The van der Waals surface area contributed by atoms with Crippen molar-refractivity contribution < 1.29 is 18.0 Å². The summed E-state index contributed by atoms with van der Waals surface area (Å²) in [6, 6.07) is 17.6. The van der Waals surface area contributed by atoms with Crippen LogP contribution in [0.4, 0.5) is 26.7 Å². The highest BCUT2D eigenvalue weighted by molar-refractivity contribution is 7.92. The van der Waals surface area contributed by atoms with Crippen molar-refractivity contribution in [1.29, 1.82) is 0 Å². The highest BCUT2D eigenvalue weighted by atomic mass is 32.2. The van der Waals surface area contributed by atoms with Gasteiger partial charge in [0.2, 0.25) is 9.84 Å². The van der Waals surface area contributed by atoms with Gasteiger partial charge in [-0.25, -0.2) is 22.9 Å². The molecule has 1 atom stereocenters. The van der Waals surface area contributed by atoms with Crippen LogP contribution in [0.3, 0.4) is 0 Å². The van der Waals surface area contributed by atoms with Gasteiger partial charge in [-0.3, -0.25) is 0 Å². The van der Waals surface area contributed by atoms with E-state index < -0.39 is 27.3 Å². The van der Waals surface area contributed by atoms with Gasteiger partial charge in [-0.15, -0.1) is 0 Å². The second kappa shape index (κ2) is 8.38. The van der Waals surface area contributed by atoms with Crippen LogP contribution in [-0.4, -0.2) is 43.8 Å². The van der Waals surface area contributed by atoms with E-state index in [-0.39, 0.29) is 11.4 Å². The van der Waals surface area contributed by atoms with Crippen LogP contribution in [0.1, 0.15) is 5.56 Å². The standard InChI is InChI=1S/C24H23N5O4S/c25-16-6-8-17(9-7-16)27-23(30)29-14-21(28-24(29)31)34(32,33)20-11-10-19-18(12-13-26-19)22(20)15-4-2-1-3-5-15/h1-11,21,26H,12-14,25H2,(H,27,30)(H,28,31). The molecule has 1 saturated heterocycles. The summed E-state index contributed by atoms with van der Waals surface area (Å²) >= 11 is 0. The molecule has 1 fully saturated rings. The maximum atomic E-state index is 13.7. The first-order valence-electron chi connectivity index (χ1n) is 10.8. The van der Waals surface area contributed by atoms with E-state index in [0.717, 1.165) is 28.3 Å². The van der Waals surface area contributed by atoms with Crippen molar-refractivity contribution in [3.63, 3.8) is 0 Å². The number of amides is 4. The topological polar surface area (TPSA) is 134 Å². The molecule has 0 saturated carbocycles. The molecule has 3 aromatic rings. The number of fused-ring (bicyclic) bond motifs is 1. The van der Waals surface area contributed by atoms with E-state index in [1.54, 1.807) is 36.4 Å². The molecule has 0 bridgehead atoms. The van der Waals surface area contributed by atoms with Crippen molar-refractivity contribution in [1.82, 2.24) is 10.2 Å². The molecule has 3 aromatic carbocycles. The third-order valence-electron chi connectivity index (χ3n) is 5.99. The van der Waals surface area contributed by atoms with Crippen molar-refractivity contribution in [3.05, 3.63) is 72.3 Å². The Morgan fingerprint density at radius 3 is 2.50 bits per heavy atom. The molecule has 5 rings (SSSR count). The minimum Gasteiger partial charge on any atom is -0.399 e. The number of nitrogens with zero attached hydrogens (tertiary/aromatic N) is 1. The average Bonchev–Trinajstić information content (AvgIpc) is 3.47. The number of rotatable bonds is 4. The highest BCUT2D eigenvalue weighted by Crippen LogP contribution is 2.39. The number of imide groups is 1. The molecule has 2 heterocycles. The predicted octanol–water partition coefficient (Wildman–Crippen LogP) is 3.26. The van der Waals surface area contributed by atoms with E-state index >= 15 is 0 Å². The molecule has 10 heteroatoms. The maximum Gasteiger partial charge on any atom is 0.330 e. The minimum atomic E-state index is -4.01. The van der Waals surface area contributed by atoms with Crippen LogP contribution in [0.2, 0.25) is 0 Å². The summed E-state index contributed by atoms with van der Waals surface area (Å²) in [6.07, 6.45) is 0.691. The van der Waals surface area contributed by atoms with Gasteiger partial charge in [-0.2, -0.15) is 0 Å². The minimum absolute atomic E-state index is 0.132. The SMILES string of the molecule is Nc1ccc(NC(=O)N2CC(S(=O)(=O)c3ccc4c(c3-c3ccccc3)CCN4)NC2=O)cc1. The maximum absolute atomic E-state index is 13.7. The van der Waals surface area contributed by atoms with E-state index in [0.29, 0.717) is 23.4 Å². The Balaban J connectivity index is 1.45. The molecular formula is C24H23N5O4S. The number of nitrogen functional groups attached to an aromatic ring is 1. The Bertz CT molecular complexity index is 1370. The lowest BCUT2D eigenvalue weighted by atomic mass is 9.98. The molecule has 34 heavy (non-hydrogen) atoms. The number of hydrogen-bond donors (Lipinski definition) is 4. The first-order chi connectivity index (χ1) is 16.3. The number of benzene rings is 3. The fourth-order valence-electron chi connectivity index (χ4n) is 4.30. The van der Waals surface area contributed by atoms with Crippen LogP contribution in [-0.2, 0) is 16.3 Å². The van der Waals surface area contributed by atoms with Crippen molar-refractivity contribution in [2.24, 2.45) is 0 Å². The molecule has 0 spiro atoms. The molecule has 0 radical (unpaired) electrons. The van der Waals surface area contributed by atoms with Gasteiger partial charge in [0.05, 0.1) is 11.4 Å². The van der Waals surface area contributed by atoms with Crippen LogP contribution in [0.15, 0.2) is 71.6 Å². The third-order valence-corrected chi connectivity index (χ3v) is 7.96. The number of carbonyl (C=O) groups excluding carboxylic acids is 2. The van der Waals surface area contributed by atoms with Gasteiger partial charge in [0.15, 0.2) is 5.37 Å². The van der Waals surface area contributed by atoms with Crippen LogP contribution in [0.25, 0.3) is 11.1 Å². The molecule has 4 amide bonds. The summed E-state index contributed by atoms with van der Waals surface area (Å²) in [5.74, 6) is 0. The average molecular weight is 478 g/mol. The second-order valence-corrected chi connectivity index (χ2v) is 10.3. The van der Waals surface area contributed by atoms with Gasteiger partial charge < -0.3 is 21.7 Å². The van der Waals surface area contributed by atoms with Gasteiger partial charge in [0, 0.05) is 29.2 Å². The number of hydrogen-bond acceptors (Lipinski definition) is 6. The number of urea groups is 2. The normalized spacial score (nSPS) is 17.1. The van der Waals surface area contributed by atoms with E-state index in [2.05, 4.69) is 16.0 Å². The lowest BCUT2D eigenvalue weighted by molar-refractivity contribution is 0.207. The first kappa shape index (κ1) is 21.8. The Kier molecular flexibility index (Phi) is 5.37. The van der Waals surface area contributed by atoms with Crippen molar-refractivity contribution in [3.8, 4) is 11.1 Å². The van der Waals surface area contributed by atoms with Crippen LogP contribution in [0.5, 0.6) is 0 Å². The predicted molar refractivity (Wildman–Crippen MR) is 130 cm³/mol. The first-order valence-corrected chi connectivity index (χ1v) is 12.3. The summed E-state index contributed by atoms with van der Waals surface area (Å²) in [7, 11) is -4.01. The number of carbonyl (C=O) groups is 2. The zero-order valence-electron chi connectivity index (χ0n) is 18.1. The smallest absolute Gasteiger partial charge is 0.330 e. The number of sulfone groups is 1. The zero-order valence-corrected chi connectivity index (χ0v) is 18.9. The monoisotopic (exact) mass is 477 g/mol. The molecule has 2 aliphatic rings. The van der Waals surface area contributed by atoms with Crippen molar-refractivity contribution in [2.75, 3.05) is 29.5 Å². The van der Waals surface area contributed by atoms with Crippen molar-refractivity contribution in [2.45, 2.75) is 16.7 Å². The zero-order chi connectivity index (χ0) is 23.9. The molecule has 2 aliphatic heterocycles. The fraction of sp³-hybridized carbons (Fsp3) is 0.167. The Morgan fingerprint density at radius 1 is 1.03 bits per heavy atom. The number of anilines is 3. The largest absolute Gasteiger partial charge is 0.399 e. The van der Waals surface area contributed by atoms with E-state index in [9.17, 15) is 18.0 Å². The summed E-state index contributed by atoms with van der Waals surface area (Å²) in [5.41, 5.74) is 9.86. The van der Waals surface area contributed by atoms with Gasteiger partial charge in [-0.05, 0) is 53.9 Å². The van der Waals surface area contributed by atoms with Crippen LogP contribution < -0.4 is 21.7 Å². The third kappa shape index (κ3) is 3.81. The molecule has 0 aromatic heterocycles. The van der Waals surface area contributed by atoms with Crippen LogP contribution in [0, 0.1) is 0 Å². The highest BCUT2D eigenvalue weighted by Gasteiger charge is 2.42. The second-order valence-electron chi connectivity index (χ2n) is 8.15. The molecule has 5 N–H and O–H groups in total. The Morgan fingerprint density at radius 2 is 1.76 bits per heavy atom. The molecule has 1 unspecified atom stereocenters. The fourth-order valence-corrected chi connectivity index (χ4v) is 5.99. The van der Waals surface area contributed by atoms with Gasteiger partial charge in [0.1, 0.15) is 0 Å². The molecular weight excluding hydrogens is 454 g/mol.